The summed E-state index contributed by atoms with van der Waals surface area (Å²) in [6.45, 7) is 0.389. The van der Waals surface area contributed by atoms with E-state index in [4.69, 9.17) is 0 Å². The molecule has 116 valence electrons. The van der Waals surface area contributed by atoms with Crippen molar-refractivity contribution in [2.24, 2.45) is 0 Å². The number of halogens is 2. The highest BCUT2D eigenvalue weighted by Gasteiger charge is 2.13. The highest BCUT2D eigenvalue weighted by Crippen LogP contribution is 2.17. The van der Waals surface area contributed by atoms with Crippen LogP contribution in [-0.4, -0.2) is 17.6 Å². The summed E-state index contributed by atoms with van der Waals surface area (Å²) in [5, 5.41) is 12.6. The topological polar surface area (TPSA) is 49.3 Å². The molecule has 2 aromatic carbocycles. The van der Waals surface area contributed by atoms with E-state index in [1.54, 1.807) is 18.2 Å². The van der Waals surface area contributed by atoms with E-state index in [1.165, 1.54) is 30.3 Å². The van der Waals surface area contributed by atoms with Crippen LogP contribution < -0.4 is 5.32 Å². The van der Waals surface area contributed by atoms with Crippen molar-refractivity contribution in [3.05, 3.63) is 71.3 Å². The lowest BCUT2D eigenvalue weighted by Crippen LogP contribution is -2.27. The van der Waals surface area contributed by atoms with Gasteiger partial charge >= 0.3 is 0 Å². The Labute approximate surface area is 127 Å². The Morgan fingerprint density at radius 1 is 1.09 bits per heavy atom. The molecule has 0 saturated carbocycles. The molecule has 0 aromatic heterocycles. The fourth-order valence-electron chi connectivity index (χ4n) is 2.08. The Hall–Kier alpha value is -2.27. The van der Waals surface area contributed by atoms with Crippen LogP contribution >= 0.6 is 0 Å². The number of rotatable bonds is 6. The van der Waals surface area contributed by atoms with Crippen LogP contribution in [0.25, 0.3) is 0 Å². The van der Waals surface area contributed by atoms with E-state index in [2.05, 4.69) is 5.32 Å². The van der Waals surface area contributed by atoms with Crippen molar-refractivity contribution in [2.45, 2.75) is 18.9 Å². The maximum Gasteiger partial charge on any atom is 0.222 e. The van der Waals surface area contributed by atoms with Crippen LogP contribution in [0.3, 0.4) is 0 Å². The molecule has 2 aromatic rings. The number of amides is 1. The van der Waals surface area contributed by atoms with Gasteiger partial charge in [0.2, 0.25) is 5.91 Å². The second kappa shape index (κ2) is 7.66. The maximum atomic E-state index is 13.0. The predicted octanol–water partition coefficient (Wildman–Crippen LogP) is 2.75. The van der Waals surface area contributed by atoms with Crippen LogP contribution in [0.15, 0.2) is 48.5 Å². The highest BCUT2D eigenvalue weighted by atomic mass is 19.1. The molecule has 0 aliphatic carbocycles. The summed E-state index contributed by atoms with van der Waals surface area (Å²) in [5.41, 5.74) is 1.28. The van der Waals surface area contributed by atoms with Gasteiger partial charge < -0.3 is 10.4 Å². The van der Waals surface area contributed by atoms with Gasteiger partial charge in [0, 0.05) is 6.54 Å². The van der Waals surface area contributed by atoms with Gasteiger partial charge in [-0.2, -0.15) is 0 Å². The number of nitrogens with one attached hydrogen (secondary N) is 1. The molecule has 3 nitrogen and oxygen atoms in total. The lowest BCUT2D eigenvalue weighted by molar-refractivity contribution is -0.123. The molecule has 5 heteroatoms. The number of benzene rings is 2. The highest BCUT2D eigenvalue weighted by molar-refractivity contribution is 5.76. The summed E-state index contributed by atoms with van der Waals surface area (Å²) in [6.07, 6.45) is -0.601. The molecule has 2 rings (SSSR count). The van der Waals surface area contributed by atoms with E-state index in [9.17, 15) is 18.7 Å². The SMILES string of the molecule is O=C(CC(O)c1cccc(F)c1)NCCc1ccc(F)cc1. The zero-order chi connectivity index (χ0) is 15.9. The number of carbonyl (C=O) groups is 1. The Morgan fingerprint density at radius 3 is 2.50 bits per heavy atom. The summed E-state index contributed by atoms with van der Waals surface area (Å²) >= 11 is 0. The zero-order valence-electron chi connectivity index (χ0n) is 11.9. The molecule has 0 radical (unpaired) electrons. The van der Waals surface area contributed by atoms with Crippen molar-refractivity contribution < 1.29 is 18.7 Å². The minimum absolute atomic E-state index is 0.132. The minimum atomic E-state index is -1.04. The number of aliphatic hydroxyl groups excluding tert-OH is 1. The first-order valence-electron chi connectivity index (χ1n) is 6.99. The van der Waals surface area contributed by atoms with Gasteiger partial charge in [-0.25, -0.2) is 8.78 Å². The molecule has 0 bridgehead atoms. The summed E-state index contributed by atoms with van der Waals surface area (Å²) in [5.74, 6) is -1.07. The van der Waals surface area contributed by atoms with Gasteiger partial charge in [-0.15, -0.1) is 0 Å². The summed E-state index contributed by atoms with van der Waals surface area (Å²) in [6, 6.07) is 11.6. The average molecular weight is 305 g/mol. The van der Waals surface area contributed by atoms with Gasteiger partial charge in [-0.05, 0) is 41.8 Å². The molecule has 2 N–H and O–H groups in total. The Kier molecular flexibility index (Phi) is 5.61. The van der Waals surface area contributed by atoms with E-state index < -0.39 is 11.9 Å². The fourth-order valence-corrected chi connectivity index (χ4v) is 2.08. The Morgan fingerprint density at radius 2 is 1.82 bits per heavy atom. The lowest BCUT2D eigenvalue weighted by Gasteiger charge is -2.11. The molecule has 0 aliphatic rings. The molecule has 0 aliphatic heterocycles. The molecule has 1 amide bonds. The predicted molar refractivity (Wildman–Crippen MR) is 79.1 cm³/mol. The van der Waals surface area contributed by atoms with Crippen molar-refractivity contribution in [2.75, 3.05) is 6.54 Å². The van der Waals surface area contributed by atoms with E-state index in [0.717, 1.165) is 5.56 Å². The summed E-state index contributed by atoms with van der Waals surface area (Å²) in [7, 11) is 0. The third-order valence-electron chi connectivity index (χ3n) is 3.26. The first-order valence-corrected chi connectivity index (χ1v) is 6.99. The minimum Gasteiger partial charge on any atom is -0.388 e. The van der Waals surface area contributed by atoms with Gasteiger partial charge in [0.05, 0.1) is 12.5 Å². The molecular weight excluding hydrogens is 288 g/mol. The first-order chi connectivity index (χ1) is 10.5. The van der Waals surface area contributed by atoms with E-state index >= 15 is 0 Å². The second-order valence-corrected chi connectivity index (χ2v) is 5.00. The van der Waals surface area contributed by atoms with Crippen LogP contribution in [0.1, 0.15) is 23.7 Å². The number of hydrogen-bond acceptors (Lipinski definition) is 2. The normalized spacial score (nSPS) is 12.0. The van der Waals surface area contributed by atoms with Gasteiger partial charge in [0.25, 0.3) is 0 Å². The van der Waals surface area contributed by atoms with Crippen molar-refractivity contribution in [1.29, 1.82) is 0 Å². The van der Waals surface area contributed by atoms with E-state index in [1.807, 2.05) is 0 Å². The monoisotopic (exact) mass is 305 g/mol. The van der Waals surface area contributed by atoms with E-state index in [-0.39, 0.29) is 18.1 Å². The molecule has 22 heavy (non-hydrogen) atoms. The fraction of sp³-hybridized carbons (Fsp3) is 0.235. The third-order valence-corrected chi connectivity index (χ3v) is 3.26. The quantitative estimate of drug-likeness (QED) is 0.862. The van der Waals surface area contributed by atoms with Gasteiger partial charge in [-0.3, -0.25) is 4.79 Å². The second-order valence-electron chi connectivity index (χ2n) is 5.00. The smallest absolute Gasteiger partial charge is 0.222 e. The van der Waals surface area contributed by atoms with Crippen LogP contribution in [0.2, 0.25) is 0 Å². The molecule has 0 spiro atoms. The van der Waals surface area contributed by atoms with Gasteiger partial charge in [0.1, 0.15) is 11.6 Å². The van der Waals surface area contributed by atoms with Crippen molar-refractivity contribution in [3.63, 3.8) is 0 Å². The lowest BCUT2D eigenvalue weighted by atomic mass is 10.1. The maximum absolute atomic E-state index is 13.0. The molecule has 1 unspecified atom stereocenters. The number of carbonyl (C=O) groups excluding carboxylic acids is 1. The molecule has 0 saturated heterocycles. The summed E-state index contributed by atoms with van der Waals surface area (Å²) in [4.78, 5) is 11.7. The molecule has 0 fully saturated rings. The third kappa shape index (κ3) is 4.93. The van der Waals surface area contributed by atoms with Crippen LogP contribution in [0.5, 0.6) is 0 Å². The van der Waals surface area contributed by atoms with Crippen molar-refractivity contribution in [1.82, 2.24) is 5.32 Å². The molecular formula is C17H17F2NO2. The van der Waals surface area contributed by atoms with Crippen LogP contribution in [0, 0.1) is 11.6 Å². The molecule has 1 atom stereocenters. The van der Waals surface area contributed by atoms with Crippen LogP contribution in [-0.2, 0) is 11.2 Å². The Balaban J connectivity index is 1.76. The van der Waals surface area contributed by atoms with Crippen LogP contribution in [0.4, 0.5) is 8.78 Å². The Bertz CT molecular complexity index is 629. The standard InChI is InChI=1S/C17H17F2NO2/c18-14-6-4-12(5-7-14)8-9-20-17(22)11-16(21)13-2-1-3-15(19)10-13/h1-7,10,16,21H,8-9,11H2,(H,20,22). The largest absolute Gasteiger partial charge is 0.388 e. The molecule has 0 heterocycles. The number of hydrogen-bond donors (Lipinski definition) is 2. The summed E-state index contributed by atoms with van der Waals surface area (Å²) < 4.78 is 25.8. The van der Waals surface area contributed by atoms with Crippen molar-refractivity contribution in [3.8, 4) is 0 Å². The van der Waals surface area contributed by atoms with Crippen molar-refractivity contribution >= 4 is 5.91 Å². The average Bonchev–Trinajstić information content (AvgIpc) is 2.49. The number of aliphatic hydroxyl groups is 1. The zero-order valence-corrected chi connectivity index (χ0v) is 11.9. The van der Waals surface area contributed by atoms with Gasteiger partial charge in [0.15, 0.2) is 0 Å². The first kappa shape index (κ1) is 16.1. The van der Waals surface area contributed by atoms with Gasteiger partial charge in [-0.1, -0.05) is 24.3 Å². The van der Waals surface area contributed by atoms with E-state index in [0.29, 0.717) is 18.5 Å².